The van der Waals surface area contributed by atoms with Gasteiger partial charge in [0.05, 0.1) is 5.25 Å². The molecule has 1 nitrogen and oxygen atoms in total. The Bertz CT molecular complexity index is 1030. The quantitative estimate of drug-likeness (QED) is 0.298. The van der Waals surface area contributed by atoms with Crippen molar-refractivity contribution in [2.75, 3.05) is 0 Å². The summed E-state index contributed by atoms with van der Waals surface area (Å²) in [5.74, 6) is 0.134. The molecule has 2 heteroatoms. The van der Waals surface area contributed by atoms with Crippen LogP contribution in [-0.2, 0) is 0 Å². The van der Waals surface area contributed by atoms with Crippen LogP contribution in [-0.4, -0.2) is 5.78 Å². The van der Waals surface area contributed by atoms with Crippen molar-refractivity contribution >= 4 is 28.3 Å². The van der Waals surface area contributed by atoms with E-state index >= 15 is 0 Å². The number of thioether (sulfide) groups is 1. The third kappa shape index (κ3) is 3.56. The highest BCUT2D eigenvalue weighted by atomic mass is 32.2. The number of ketones is 1. The molecular weight excluding hydrogens is 336 g/mol. The second-order valence-corrected chi connectivity index (χ2v) is 7.33. The molecule has 4 aromatic carbocycles. The second kappa shape index (κ2) is 7.59. The van der Waals surface area contributed by atoms with Crippen LogP contribution in [0.5, 0.6) is 0 Å². The average Bonchev–Trinajstić information content (AvgIpc) is 2.73. The van der Waals surface area contributed by atoms with Crippen molar-refractivity contribution in [3.8, 4) is 0 Å². The molecule has 0 aromatic heterocycles. The van der Waals surface area contributed by atoms with E-state index in [9.17, 15) is 4.79 Å². The van der Waals surface area contributed by atoms with E-state index < -0.39 is 0 Å². The van der Waals surface area contributed by atoms with Crippen molar-refractivity contribution in [1.82, 2.24) is 0 Å². The first-order chi connectivity index (χ1) is 12.8. The molecule has 0 amide bonds. The van der Waals surface area contributed by atoms with Crippen LogP contribution in [0.3, 0.4) is 0 Å². The molecule has 4 rings (SSSR count). The van der Waals surface area contributed by atoms with E-state index in [0.717, 1.165) is 16.0 Å². The fourth-order valence-corrected chi connectivity index (χ4v) is 4.18. The Kier molecular flexibility index (Phi) is 4.85. The molecule has 0 spiro atoms. The lowest BCUT2D eigenvalue weighted by Gasteiger charge is -2.16. The molecule has 1 unspecified atom stereocenters. The van der Waals surface area contributed by atoms with Crippen LogP contribution in [0.1, 0.15) is 21.2 Å². The third-order valence-corrected chi connectivity index (χ3v) is 5.62. The van der Waals surface area contributed by atoms with Gasteiger partial charge >= 0.3 is 0 Å². The SMILES string of the molecule is O=C(c1ccccc1)C(Sc1ccc2ccccc2c1)c1ccccc1. The lowest BCUT2D eigenvalue weighted by Crippen LogP contribution is -2.09. The van der Waals surface area contributed by atoms with E-state index in [1.807, 2.05) is 72.8 Å². The molecule has 0 fully saturated rings. The highest BCUT2D eigenvalue weighted by Crippen LogP contribution is 2.38. The van der Waals surface area contributed by atoms with Gasteiger partial charge in [-0.05, 0) is 28.5 Å². The zero-order valence-corrected chi connectivity index (χ0v) is 15.0. The van der Waals surface area contributed by atoms with Gasteiger partial charge in [0.2, 0.25) is 0 Å². The maximum absolute atomic E-state index is 13.2. The number of rotatable bonds is 5. The van der Waals surface area contributed by atoms with E-state index in [0.29, 0.717) is 0 Å². The number of fused-ring (bicyclic) bond motifs is 1. The van der Waals surface area contributed by atoms with Crippen molar-refractivity contribution in [2.24, 2.45) is 0 Å². The van der Waals surface area contributed by atoms with E-state index in [1.54, 1.807) is 11.8 Å². The summed E-state index contributed by atoms with van der Waals surface area (Å²) in [6.45, 7) is 0. The Morgan fingerprint density at radius 2 is 1.27 bits per heavy atom. The molecule has 126 valence electrons. The predicted molar refractivity (Wildman–Crippen MR) is 110 cm³/mol. The fraction of sp³-hybridized carbons (Fsp3) is 0.0417. The lowest BCUT2D eigenvalue weighted by atomic mass is 10.0. The summed E-state index contributed by atoms with van der Waals surface area (Å²) in [6, 6.07) is 34.2. The van der Waals surface area contributed by atoms with E-state index in [2.05, 4.69) is 30.3 Å². The zero-order chi connectivity index (χ0) is 17.8. The van der Waals surface area contributed by atoms with Crippen molar-refractivity contribution in [3.05, 3.63) is 114 Å². The molecule has 0 saturated carbocycles. The summed E-state index contributed by atoms with van der Waals surface area (Å²) in [5.41, 5.74) is 1.77. The lowest BCUT2D eigenvalue weighted by molar-refractivity contribution is 0.0989. The molecule has 4 aromatic rings. The minimum atomic E-state index is -0.264. The summed E-state index contributed by atoms with van der Waals surface area (Å²) >= 11 is 1.61. The summed E-state index contributed by atoms with van der Waals surface area (Å²) in [4.78, 5) is 14.3. The molecule has 1 atom stereocenters. The molecule has 0 heterocycles. The Labute approximate surface area is 157 Å². The first-order valence-electron chi connectivity index (χ1n) is 8.61. The van der Waals surface area contributed by atoms with E-state index in [1.165, 1.54) is 10.8 Å². The molecular formula is C24H18OS. The van der Waals surface area contributed by atoms with Gasteiger partial charge in [0.15, 0.2) is 5.78 Å². The minimum absolute atomic E-state index is 0.134. The molecule has 0 bridgehead atoms. The first-order valence-corrected chi connectivity index (χ1v) is 9.49. The zero-order valence-electron chi connectivity index (χ0n) is 14.2. The monoisotopic (exact) mass is 354 g/mol. The fourth-order valence-electron chi connectivity index (χ4n) is 3.03. The largest absolute Gasteiger partial charge is 0.293 e. The summed E-state index contributed by atoms with van der Waals surface area (Å²) in [5, 5.41) is 2.14. The summed E-state index contributed by atoms with van der Waals surface area (Å²) in [6.07, 6.45) is 0. The van der Waals surface area contributed by atoms with Gasteiger partial charge in [0.1, 0.15) is 0 Å². The van der Waals surface area contributed by atoms with Gasteiger partial charge in [0.25, 0.3) is 0 Å². The standard InChI is InChI=1S/C24H18OS/c25-23(19-10-3-1-4-11-19)24(20-12-5-2-6-13-20)26-22-16-15-18-9-7-8-14-21(18)17-22/h1-17,24H. The molecule has 0 aliphatic rings. The predicted octanol–water partition coefficient (Wildman–Crippen LogP) is 6.56. The van der Waals surface area contributed by atoms with Gasteiger partial charge < -0.3 is 0 Å². The van der Waals surface area contributed by atoms with Crippen LogP contribution in [0.15, 0.2) is 108 Å². The van der Waals surface area contributed by atoms with E-state index in [4.69, 9.17) is 0 Å². The molecule has 0 aliphatic carbocycles. The molecule has 0 saturated heterocycles. The van der Waals surface area contributed by atoms with E-state index in [-0.39, 0.29) is 11.0 Å². The number of carbonyl (C=O) groups excluding carboxylic acids is 1. The second-order valence-electron chi connectivity index (χ2n) is 6.15. The highest BCUT2D eigenvalue weighted by molar-refractivity contribution is 8.00. The smallest absolute Gasteiger partial charge is 0.180 e. The van der Waals surface area contributed by atoms with Gasteiger partial charge in [-0.1, -0.05) is 91.0 Å². The molecule has 0 aliphatic heterocycles. The molecule has 0 radical (unpaired) electrons. The summed E-state index contributed by atoms with van der Waals surface area (Å²) in [7, 11) is 0. The topological polar surface area (TPSA) is 17.1 Å². The minimum Gasteiger partial charge on any atom is -0.293 e. The summed E-state index contributed by atoms with van der Waals surface area (Å²) < 4.78 is 0. The van der Waals surface area contributed by atoms with Crippen LogP contribution >= 0.6 is 11.8 Å². The van der Waals surface area contributed by atoms with Gasteiger partial charge in [-0.3, -0.25) is 4.79 Å². The number of hydrogen-bond donors (Lipinski definition) is 0. The average molecular weight is 354 g/mol. The van der Waals surface area contributed by atoms with Crippen molar-refractivity contribution in [3.63, 3.8) is 0 Å². The Hall–Kier alpha value is -2.84. The van der Waals surface area contributed by atoms with Gasteiger partial charge in [0, 0.05) is 10.5 Å². The normalized spacial score (nSPS) is 12.0. The molecule has 26 heavy (non-hydrogen) atoms. The number of Topliss-reactive ketones (excluding diaryl/α,β-unsaturated/α-hetero) is 1. The number of carbonyl (C=O) groups is 1. The Morgan fingerprint density at radius 1 is 0.654 bits per heavy atom. The highest BCUT2D eigenvalue weighted by Gasteiger charge is 2.23. The van der Waals surface area contributed by atoms with Gasteiger partial charge in [-0.25, -0.2) is 0 Å². The van der Waals surface area contributed by atoms with Crippen molar-refractivity contribution < 1.29 is 4.79 Å². The van der Waals surface area contributed by atoms with Crippen molar-refractivity contribution in [1.29, 1.82) is 0 Å². The van der Waals surface area contributed by atoms with Gasteiger partial charge in [-0.2, -0.15) is 0 Å². The first kappa shape index (κ1) is 16.6. The molecule has 0 N–H and O–H groups in total. The maximum Gasteiger partial charge on any atom is 0.180 e. The third-order valence-electron chi connectivity index (χ3n) is 4.37. The Morgan fingerprint density at radius 3 is 2.00 bits per heavy atom. The number of hydrogen-bond acceptors (Lipinski definition) is 2. The van der Waals surface area contributed by atoms with Crippen LogP contribution in [0.4, 0.5) is 0 Å². The van der Waals surface area contributed by atoms with Gasteiger partial charge in [-0.15, -0.1) is 11.8 Å². The number of benzene rings is 4. The maximum atomic E-state index is 13.2. The van der Waals surface area contributed by atoms with Crippen LogP contribution < -0.4 is 0 Å². The van der Waals surface area contributed by atoms with Crippen LogP contribution in [0.25, 0.3) is 10.8 Å². The van der Waals surface area contributed by atoms with Crippen LogP contribution in [0.2, 0.25) is 0 Å². The van der Waals surface area contributed by atoms with Crippen LogP contribution in [0, 0.1) is 0 Å². The van der Waals surface area contributed by atoms with Crippen molar-refractivity contribution in [2.45, 2.75) is 10.1 Å². The Balaban J connectivity index is 1.71.